The average Bonchev–Trinajstić information content (AvgIpc) is 2.26. The lowest BCUT2D eigenvalue weighted by atomic mass is 10.1. The fourth-order valence-electron chi connectivity index (χ4n) is 1.62. The number of nitrogen functional groups attached to an aromatic ring is 1. The number of nitrogens with one attached hydrogen (secondary N) is 2. The topological polar surface area (TPSA) is 129 Å². The molecule has 0 atom stereocenters. The smallest absolute Gasteiger partial charge is 0.286 e. The lowest BCUT2D eigenvalue weighted by molar-refractivity contribution is 0.474. The minimum atomic E-state index is -3.81. The van der Waals surface area contributed by atoms with Crippen molar-refractivity contribution in [3.05, 3.63) is 17.7 Å². The summed E-state index contributed by atoms with van der Waals surface area (Å²) >= 11 is 0. The molecule has 0 unspecified atom stereocenters. The number of hydrogen-bond donors (Lipinski definition) is 4. The van der Waals surface area contributed by atoms with E-state index in [0.29, 0.717) is 12.3 Å². The molecule has 0 saturated carbocycles. The average molecular weight is 268 g/mol. The Morgan fingerprint density at radius 3 is 2.78 bits per heavy atom. The van der Waals surface area contributed by atoms with Crippen molar-refractivity contribution in [3.8, 4) is 5.75 Å². The molecule has 0 saturated heterocycles. The third-order valence-electron chi connectivity index (χ3n) is 2.51. The molecule has 0 aromatic heterocycles. The Morgan fingerprint density at radius 2 is 2.22 bits per heavy atom. The van der Waals surface area contributed by atoms with Crippen molar-refractivity contribution >= 4 is 27.4 Å². The summed E-state index contributed by atoms with van der Waals surface area (Å²) in [5.74, 6) is -0.352. The van der Waals surface area contributed by atoms with E-state index in [1.807, 2.05) is 0 Å². The van der Waals surface area contributed by atoms with Crippen molar-refractivity contribution in [2.75, 3.05) is 5.32 Å². The third-order valence-corrected chi connectivity index (χ3v) is 3.86. The van der Waals surface area contributed by atoms with Crippen molar-refractivity contribution in [2.45, 2.75) is 18.2 Å². The number of aromatic hydroxyl groups is 1. The highest BCUT2D eigenvalue weighted by molar-refractivity contribution is 7.90. The second-order valence-electron chi connectivity index (χ2n) is 3.77. The summed E-state index contributed by atoms with van der Waals surface area (Å²) in [6.45, 7) is 1.76. The second-order valence-corrected chi connectivity index (χ2v) is 5.34. The molecule has 0 spiro atoms. The summed E-state index contributed by atoms with van der Waals surface area (Å²) in [4.78, 5) is -0.0947. The van der Waals surface area contributed by atoms with Gasteiger partial charge in [0.05, 0.1) is 11.3 Å². The molecule has 0 amide bonds. The van der Waals surface area contributed by atoms with E-state index in [1.165, 1.54) is 6.07 Å². The first-order valence-electron chi connectivity index (χ1n) is 5.17. The van der Waals surface area contributed by atoms with Crippen LogP contribution in [-0.2, 0) is 10.0 Å². The Balaban J connectivity index is 2.69. The van der Waals surface area contributed by atoms with Crippen LogP contribution in [0.1, 0.15) is 18.9 Å². The number of phenols is 1. The van der Waals surface area contributed by atoms with Crippen LogP contribution in [-0.4, -0.2) is 25.2 Å². The molecule has 1 aliphatic heterocycles. The van der Waals surface area contributed by atoms with E-state index < -0.39 is 15.9 Å². The molecule has 0 fully saturated rings. The van der Waals surface area contributed by atoms with Gasteiger partial charge in [0.2, 0.25) is 0 Å². The molecule has 0 aliphatic carbocycles. The maximum absolute atomic E-state index is 11.9. The third kappa shape index (κ3) is 1.90. The lowest BCUT2D eigenvalue weighted by Gasteiger charge is -2.18. The number of fused-ring (bicyclic) bond motifs is 1. The summed E-state index contributed by atoms with van der Waals surface area (Å²) in [5, 5.41) is 19.7. The summed E-state index contributed by atoms with van der Waals surface area (Å²) in [5.41, 5.74) is 5.47. The van der Waals surface area contributed by atoms with Crippen LogP contribution in [0, 0.1) is 5.41 Å². The van der Waals surface area contributed by atoms with Crippen molar-refractivity contribution in [3.63, 3.8) is 0 Å². The zero-order valence-electron chi connectivity index (χ0n) is 9.56. The predicted octanol–water partition coefficient (Wildman–Crippen LogP) is 0.599. The number of benzene rings is 1. The first-order valence-corrected chi connectivity index (χ1v) is 6.61. The first kappa shape index (κ1) is 12.4. The molecule has 8 heteroatoms. The molecule has 18 heavy (non-hydrogen) atoms. The fraction of sp³-hybridized carbons (Fsp3) is 0.200. The number of hydrogen-bond acceptors (Lipinski definition) is 5. The van der Waals surface area contributed by atoms with E-state index in [4.69, 9.17) is 11.1 Å². The van der Waals surface area contributed by atoms with Gasteiger partial charge in [0.1, 0.15) is 22.3 Å². The Labute approximate surface area is 104 Å². The fourth-order valence-corrected chi connectivity index (χ4v) is 2.84. The Kier molecular flexibility index (Phi) is 2.74. The van der Waals surface area contributed by atoms with Gasteiger partial charge in [0.25, 0.3) is 10.0 Å². The molecule has 96 valence electrons. The van der Waals surface area contributed by atoms with Gasteiger partial charge in [-0.1, -0.05) is 6.92 Å². The number of nitrogens with two attached hydrogens (primary N) is 1. The highest BCUT2D eigenvalue weighted by atomic mass is 32.2. The highest BCUT2D eigenvalue weighted by Gasteiger charge is 2.26. The van der Waals surface area contributed by atoms with Gasteiger partial charge in [0.15, 0.2) is 0 Å². The Hall–Kier alpha value is -2.09. The lowest BCUT2D eigenvalue weighted by Crippen LogP contribution is -2.22. The molecule has 1 aliphatic rings. The number of nitrogens with zero attached hydrogens (tertiary/aromatic N) is 1. The van der Waals surface area contributed by atoms with Gasteiger partial charge in [-0.2, -0.15) is 8.42 Å². The number of phenolic OH excluding ortho intramolecular Hbond substituents is 1. The predicted molar refractivity (Wildman–Crippen MR) is 67.7 cm³/mol. The molecule has 1 aromatic carbocycles. The molecular weight excluding hydrogens is 256 g/mol. The number of amidine groups is 2. The maximum Gasteiger partial charge on any atom is 0.286 e. The quantitative estimate of drug-likeness (QED) is 0.461. The van der Waals surface area contributed by atoms with E-state index in [0.717, 1.165) is 6.07 Å². The SMILES string of the molecule is CCC1=NS(=O)(=O)c2cc(C(=N)N)c(O)cc2N1. The van der Waals surface area contributed by atoms with Crippen LogP contribution >= 0.6 is 0 Å². The van der Waals surface area contributed by atoms with Crippen LogP contribution in [0.15, 0.2) is 21.4 Å². The zero-order valence-corrected chi connectivity index (χ0v) is 10.4. The molecular formula is C10H12N4O3S. The van der Waals surface area contributed by atoms with E-state index >= 15 is 0 Å². The number of rotatable bonds is 2. The standard InChI is InChI=1S/C10H12N4O3S/c1-2-9-13-6-4-7(15)5(10(11)12)3-8(6)18(16,17)14-9/h3-4,15H,2H2,1H3,(H3,11,12)(H,13,14). The first-order chi connectivity index (χ1) is 8.35. The second kappa shape index (κ2) is 3.98. The summed E-state index contributed by atoms with van der Waals surface area (Å²) in [6, 6.07) is 2.37. The zero-order chi connectivity index (χ0) is 13.5. The molecule has 1 heterocycles. The van der Waals surface area contributed by atoms with Gasteiger partial charge in [0, 0.05) is 12.5 Å². The number of sulfonamides is 1. The van der Waals surface area contributed by atoms with Crippen molar-refractivity contribution < 1.29 is 13.5 Å². The van der Waals surface area contributed by atoms with Crippen LogP contribution in [0.3, 0.4) is 0 Å². The van der Waals surface area contributed by atoms with Gasteiger partial charge in [-0.05, 0) is 6.07 Å². The van der Waals surface area contributed by atoms with E-state index in [2.05, 4.69) is 9.71 Å². The highest BCUT2D eigenvalue weighted by Crippen LogP contribution is 2.33. The van der Waals surface area contributed by atoms with Crippen LogP contribution in [0.4, 0.5) is 5.69 Å². The van der Waals surface area contributed by atoms with E-state index in [9.17, 15) is 13.5 Å². The minimum Gasteiger partial charge on any atom is -0.507 e. The normalized spacial score (nSPS) is 16.4. The van der Waals surface area contributed by atoms with Gasteiger partial charge in [-0.15, -0.1) is 4.40 Å². The van der Waals surface area contributed by atoms with Crippen molar-refractivity contribution in [1.29, 1.82) is 5.41 Å². The van der Waals surface area contributed by atoms with Gasteiger partial charge >= 0.3 is 0 Å². The monoisotopic (exact) mass is 268 g/mol. The van der Waals surface area contributed by atoms with Crippen LogP contribution in [0.5, 0.6) is 5.75 Å². The van der Waals surface area contributed by atoms with Crippen LogP contribution in [0.25, 0.3) is 0 Å². The molecule has 0 radical (unpaired) electrons. The molecule has 0 bridgehead atoms. The summed E-state index contributed by atoms with van der Waals surface area (Å²) in [7, 11) is -3.81. The summed E-state index contributed by atoms with van der Waals surface area (Å²) < 4.78 is 27.4. The van der Waals surface area contributed by atoms with Gasteiger partial charge in [-0.3, -0.25) is 5.41 Å². The Bertz CT molecular complexity index is 664. The van der Waals surface area contributed by atoms with Crippen molar-refractivity contribution in [2.24, 2.45) is 10.1 Å². The largest absolute Gasteiger partial charge is 0.507 e. The van der Waals surface area contributed by atoms with Gasteiger partial charge in [-0.25, -0.2) is 0 Å². The number of anilines is 1. The van der Waals surface area contributed by atoms with E-state index in [-0.39, 0.29) is 21.9 Å². The molecule has 1 aromatic rings. The van der Waals surface area contributed by atoms with Crippen LogP contribution < -0.4 is 11.1 Å². The van der Waals surface area contributed by atoms with E-state index in [1.54, 1.807) is 6.92 Å². The molecule has 5 N–H and O–H groups in total. The molecule has 2 rings (SSSR count). The van der Waals surface area contributed by atoms with Crippen molar-refractivity contribution in [1.82, 2.24) is 0 Å². The van der Waals surface area contributed by atoms with Gasteiger partial charge < -0.3 is 16.2 Å². The Morgan fingerprint density at radius 1 is 1.56 bits per heavy atom. The minimum absolute atomic E-state index is 0.0331. The summed E-state index contributed by atoms with van der Waals surface area (Å²) in [6.07, 6.45) is 0.424. The molecule has 7 nitrogen and oxygen atoms in total. The van der Waals surface area contributed by atoms with Crippen LogP contribution in [0.2, 0.25) is 0 Å². The maximum atomic E-state index is 11.9.